The van der Waals surface area contributed by atoms with Gasteiger partial charge in [0, 0.05) is 13.1 Å². The number of rotatable bonds is 6. The molecule has 2 N–H and O–H groups in total. The molecule has 0 unspecified atom stereocenters. The fraction of sp³-hybridized carbons (Fsp3) is 0.500. The summed E-state index contributed by atoms with van der Waals surface area (Å²) in [5.74, 6) is 0. The monoisotopic (exact) mass is 301 g/mol. The normalized spacial score (nSPS) is 12.1. The predicted molar refractivity (Wildman–Crippen MR) is 76.8 cm³/mol. The first-order valence-electron chi connectivity index (χ1n) is 6.28. The molecule has 0 aliphatic heterocycles. The van der Waals surface area contributed by atoms with Crippen LogP contribution in [-0.2, 0) is 10.0 Å². The van der Waals surface area contributed by atoms with E-state index >= 15 is 0 Å². The molecular formula is C12H19N3O4S. The van der Waals surface area contributed by atoms with Crippen LogP contribution in [0.4, 0.5) is 11.4 Å². The third-order valence-electron chi connectivity index (χ3n) is 3.33. The molecule has 0 atom stereocenters. The number of hydrogen-bond donors (Lipinski definition) is 1. The van der Waals surface area contributed by atoms with Crippen molar-refractivity contribution in [3.05, 3.63) is 28.3 Å². The first-order valence-corrected chi connectivity index (χ1v) is 7.72. The summed E-state index contributed by atoms with van der Waals surface area (Å²) < 4.78 is 26.2. The zero-order chi connectivity index (χ0) is 15.5. The first-order chi connectivity index (χ1) is 9.27. The van der Waals surface area contributed by atoms with E-state index in [1.54, 1.807) is 0 Å². The minimum Gasteiger partial charge on any atom is -0.393 e. The van der Waals surface area contributed by atoms with Gasteiger partial charge >= 0.3 is 5.69 Å². The van der Waals surface area contributed by atoms with Crippen LogP contribution < -0.4 is 5.73 Å². The molecule has 1 aromatic carbocycles. The smallest absolute Gasteiger partial charge is 0.312 e. The van der Waals surface area contributed by atoms with Crippen LogP contribution in [0.15, 0.2) is 23.1 Å². The van der Waals surface area contributed by atoms with Crippen molar-refractivity contribution in [1.29, 1.82) is 0 Å². The van der Waals surface area contributed by atoms with Gasteiger partial charge in [-0.2, -0.15) is 4.31 Å². The molecular weight excluding hydrogens is 282 g/mol. The molecule has 0 saturated heterocycles. The quantitative estimate of drug-likeness (QED) is 0.491. The van der Waals surface area contributed by atoms with E-state index in [2.05, 4.69) is 0 Å². The fourth-order valence-electron chi connectivity index (χ4n) is 2.10. The second-order valence-corrected chi connectivity index (χ2v) is 6.41. The molecule has 0 aliphatic carbocycles. The lowest BCUT2D eigenvalue weighted by molar-refractivity contribution is -0.386. The van der Waals surface area contributed by atoms with Crippen molar-refractivity contribution in [2.75, 3.05) is 12.8 Å². The maximum Gasteiger partial charge on any atom is 0.312 e. The molecule has 0 aliphatic rings. The number of anilines is 1. The zero-order valence-corrected chi connectivity index (χ0v) is 12.6. The van der Waals surface area contributed by atoms with Crippen molar-refractivity contribution in [1.82, 2.24) is 4.31 Å². The Morgan fingerprint density at radius 1 is 1.35 bits per heavy atom. The second-order valence-electron chi connectivity index (χ2n) is 4.44. The van der Waals surface area contributed by atoms with Crippen LogP contribution in [0.1, 0.15) is 26.7 Å². The van der Waals surface area contributed by atoms with Gasteiger partial charge < -0.3 is 5.73 Å². The van der Waals surface area contributed by atoms with Gasteiger partial charge in [0.1, 0.15) is 5.69 Å². The van der Waals surface area contributed by atoms with E-state index in [9.17, 15) is 18.5 Å². The van der Waals surface area contributed by atoms with Gasteiger partial charge in [-0.15, -0.1) is 0 Å². The van der Waals surface area contributed by atoms with Gasteiger partial charge in [-0.1, -0.05) is 19.9 Å². The fourth-order valence-corrected chi connectivity index (χ4v) is 3.79. The molecule has 0 bridgehead atoms. The highest BCUT2D eigenvalue weighted by atomic mass is 32.2. The number of benzene rings is 1. The number of nitro groups is 1. The summed E-state index contributed by atoms with van der Waals surface area (Å²) in [6.07, 6.45) is 1.25. The van der Waals surface area contributed by atoms with Crippen molar-refractivity contribution >= 4 is 21.4 Å². The van der Waals surface area contributed by atoms with Crippen molar-refractivity contribution < 1.29 is 13.3 Å². The zero-order valence-electron chi connectivity index (χ0n) is 11.7. The van der Waals surface area contributed by atoms with Gasteiger partial charge in [-0.3, -0.25) is 10.1 Å². The van der Waals surface area contributed by atoms with Gasteiger partial charge in [0.05, 0.1) is 4.92 Å². The third-order valence-corrected chi connectivity index (χ3v) is 5.27. The molecule has 112 valence electrons. The minimum absolute atomic E-state index is 0.158. The van der Waals surface area contributed by atoms with E-state index in [1.165, 1.54) is 29.6 Å². The predicted octanol–water partition coefficient (Wildman–Crippen LogP) is 1.99. The lowest BCUT2D eigenvalue weighted by Crippen LogP contribution is -2.36. The number of sulfonamides is 1. The Kier molecular flexibility index (Phi) is 5.07. The topological polar surface area (TPSA) is 107 Å². The van der Waals surface area contributed by atoms with Crippen LogP contribution in [0.25, 0.3) is 0 Å². The molecule has 0 heterocycles. The van der Waals surface area contributed by atoms with Crippen molar-refractivity contribution in [3.8, 4) is 0 Å². The summed E-state index contributed by atoms with van der Waals surface area (Å²) in [7, 11) is -2.52. The Bertz CT molecular complexity index is 597. The van der Waals surface area contributed by atoms with E-state index < -0.39 is 20.6 Å². The van der Waals surface area contributed by atoms with Gasteiger partial charge in [0.15, 0.2) is 4.90 Å². The van der Waals surface area contributed by atoms with Crippen LogP contribution in [0.5, 0.6) is 0 Å². The Morgan fingerprint density at radius 3 is 2.35 bits per heavy atom. The lowest BCUT2D eigenvalue weighted by Gasteiger charge is -2.25. The van der Waals surface area contributed by atoms with Gasteiger partial charge in [0.2, 0.25) is 10.0 Å². The van der Waals surface area contributed by atoms with Gasteiger partial charge in [-0.25, -0.2) is 8.42 Å². The number of hydrogen-bond acceptors (Lipinski definition) is 5. The highest BCUT2D eigenvalue weighted by Gasteiger charge is 2.33. The molecule has 7 nitrogen and oxygen atoms in total. The first kappa shape index (κ1) is 16.4. The number of nitrogen functional groups attached to an aromatic ring is 1. The molecule has 1 rings (SSSR count). The summed E-state index contributed by atoms with van der Waals surface area (Å²) in [5, 5.41) is 11.1. The van der Waals surface area contributed by atoms with Crippen molar-refractivity contribution in [3.63, 3.8) is 0 Å². The summed E-state index contributed by atoms with van der Waals surface area (Å²) in [6.45, 7) is 3.74. The maximum atomic E-state index is 12.5. The SMILES string of the molecule is CCC(CC)N(C)S(=O)(=O)c1cccc(N)c1[N+](=O)[O-]. The van der Waals surface area contributed by atoms with Crippen LogP contribution in [0.2, 0.25) is 0 Å². The van der Waals surface area contributed by atoms with Crippen molar-refractivity contribution in [2.24, 2.45) is 0 Å². The Morgan fingerprint density at radius 2 is 1.90 bits per heavy atom. The Labute approximate surface area is 118 Å². The summed E-state index contributed by atoms with van der Waals surface area (Å²) in [6, 6.07) is 3.72. The molecule has 0 radical (unpaired) electrons. The molecule has 0 amide bonds. The molecule has 0 aromatic heterocycles. The lowest BCUT2D eigenvalue weighted by atomic mass is 10.2. The molecule has 1 aromatic rings. The van der Waals surface area contributed by atoms with E-state index in [-0.39, 0.29) is 16.6 Å². The maximum absolute atomic E-state index is 12.5. The van der Waals surface area contributed by atoms with Crippen molar-refractivity contribution in [2.45, 2.75) is 37.6 Å². The van der Waals surface area contributed by atoms with Crippen LogP contribution in [0.3, 0.4) is 0 Å². The minimum atomic E-state index is -3.95. The molecule has 0 saturated carbocycles. The molecule has 20 heavy (non-hydrogen) atoms. The molecule has 0 fully saturated rings. The van der Waals surface area contributed by atoms with E-state index in [0.717, 1.165) is 0 Å². The summed E-state index contributed by atoms with van der Waals surface area (Å²) in [5.41, 5.74) is 4.81. The van der Waals surface area contributed by atoms with E-state index in [1.807, 2.05) is 13.8 Å². The van der Waals surface area contributed by atoms with Crippen LogP contribution in [-0.4, -0.2) is 30.7 Å². The number of nitro benzene ring substituents is 1. The van der Waals surface area contributed by atoms with E-state index in [4.69, 9.17) is 5.73 Å². The second kappa shape index (κ2) is 6.19. The summed E-state index contributed by atoms with van der Waals surface area (Å²) in [4.78, 5) is 9.94. The number of nitrogens with zero attached hydrogens (tertiary/aromatic N) is 2. The molecule has 0 spiro atoms. The van der Waals surface area contributed by atoms with Gasteiger partial charge in [0.25, 0.3) is 0 Å². The van der Waals surface area contributed by atoms with Crippen LogP contribution >= 0.6 is 0 Å². The third kappa shape index (κ3) is 2.91. The standard InChI is InChI=1S/C12H19N3O4S/c1-4-9(5-2)14(3)20(18,19)11-8-6-7-10(13)12(11)15(16)17/h6-9H,4-5,13H2,1-3H3. The largest absolute Gasteiger partial charge is 0.393 e. The number of para-hydroxylation sites is 1. The number of nitrogens with two attached hydrogens (primary N) is 1. The Balaban J connectivity index is 3.44. The average Bonchev–Trinajstić information content (AvgIpc) is 2.39. The molecule has 8 heteroatoms. The Hall–Kier alpha value is -1.67. The van der Waals surface area contributed by atoms with Gasteiger partial charge in [-0.05, 0) is 25.0 Å². The van der Waals surface area contributed by atoms with Crippen LogP contribution in [0, 0.1) is 10.1 Å². The average molecular weight is 301 g/mol. The highest BCUT2D eigenvalue weighted by Crippen LogP contribution is 2.32. The van der Waals surface area contributed by atoms with E-state index in [0.29, 0.717) is 12.8 Å². The summed E-state index contributed by atoms with van der Waals surface area (Å²) >= 11 is 0. The highest BCUT2D eigenvalue weighted by molar-refractivity contribution is 7.89.